The number of thiazole rings is 1. The van der Waals surface area contributed by atoms with E-state index in [0.29, 0.717) is 61.8 Å². The molecule has 58 heavy (non-hydrogen) atoms. The first-order valence-corrected chi connectivity index (χ1v) is 21.4. The van der Waals surface area contributed by atoms with Gasteiger partial charge < -0.3 is 29.0 Å². The Balaban J connectivity index is 1.29. The number of pyridine rings is 1. The fourth-order valence-corrected chi connectivity index (χ4v) is 9.44. The predicted octanol–water partition coefficient (Wildman–Crippen LogP) is 5.83. The van der Waals surface area contributed by atoms with Crippen LogP contribution in [-0.2, 0) is 48.0 Å². The number of halogens is 1. The summed E-state index contributed by atoms with van der Waals surface area (Å²) in [5.74, 6) is -1.28. The van der Waals surface area contributed by atoms with Crippen LogP contribution in [0.15, 0.2) is 29.8 Å². The number of carbonyl (C=O) groups excluding carboxylic acids is 3. The highest BCUT2D eigenvalue weighted by molar-refractivity contribution is 7.10. The van der Waals surface area contributed by atoms with Crippen LogP contribution in [0.4, 0.5) is 10.1 Å². The highest BCUT2D eigenvalue weighted by Crippen LogP contribution is 2.44. The molecule has 2 saturated heterocycles. The number of methoxy groups -OCH3 is 1. The van der Waals surface area contributed by atoms with E-state index >= 15 is 4.39 Å². The molecule has 2 N–H and O–H groups in total. The van der Waals surface area contributed by atoms with E-state index in [9.17, 15) is 14.4 Å². The van der Waals surface area contributed by atoms with E-state index in [2.05, 4.69) is 47.0 Å². The summed E-state index contributed by atoms with van der Waals surface area (Å²) >= 11 is 1.33. The molecular formula is C43H54FN7O6S. The minimum atomic E-state index is -0.926. The van der Waals surface area contributed by atoms with Crippen LogP contribution in [0.25, 0.3) is 33.4 Å². The molecule has 310 valence electrons. The summed E-state index contributed by atoms with van der Waals surface area (Å²) in [6, 6.07) is 3.99. The van der Waals surface area contributed by atoms with E-state index < -0.39 is 29.3 Å². The molecule has 13 nitrogen and oxygen atoms in total. The summed E-state index contributed by atoms with van der Waals surface area (Å²) < 4.78 is 36.4. The number of esters is 1. The molecule has 5 atom stereocenters. The number of hydrogen-bond donors (Lipinski definition) is 2. The Kier molecular flexibility index (Phi) is 11.3. The number of benzene rings is 1. The van der Waals surface area contributed by atoms with Crippen LogP contribution in [0.3, 0.4) is 0 Å². The summed E-state index contributed by atoms with van der Waals surface area (Å²) in [6.07, 6.45) is 4.02. The smallest absolute Gasteiger partial charge is 0.324 e. The van der Waals surface area contributed by atoms with Crippen molar-refractivity contribution in [1.82, 2.24) is 30.3 Å². The maximum Gasteiger partial charge on any atom is 0.324 e. The highest BCUT2D eigenvalue weighted by atomic mass is 32.1. The summed E-state index contributed by atoms with van der Waals surface area (Å²) in [5.41, 5.74) is 8.59. The highest BCUT2D eigenvalue weighted by Gasteiger charge is 2.42. The van der Waals surface area contributed by atoms with Gasteiger partial charge in [-0.3, -0.25) is 24.4 Å². The molecular weight excluding hydrogens is 762 g/mol. The van der Waals surface area contributed by atoms with Gasteiger partial charge in [-0.1, -0.05) is 20.8 Å². The van der Waals surface area contributed by atoms with Crippen molar-refractivity contribution >= 4 is 45.7 Å². The van der Waals surface area contributed by atoms with E-state index in [1.807, 2.05) is 31.5 Å². The molecule has 0 unspecified atom stereocenters. The molecule has 2 amide bonds. The number of fused-ring (bicyclic) bond motifs is 6. The molecule has 0 radical (unpaired) electrons. The Labute approximate surface area is 342 Å². The molecule has 15 heteroatoms. The van der Waals surface area contributed by atoms with E-state index in [1.165, 1.54) is 16.3 Å². The van der Waals surface area contributed by atoms with Gasteiger partial charge in [-0.2, -0.15) is 0 Å². The molecule has 4 aromatic rings. The van der Waals surface area contributed by atoms with E-state index in [1.54, 1.807) is 13.2 Å². The van der Waals surface area contributed by atoms with Gasteiger partial charge in [-0.25, -0.2) is 14.8 Å². The Hall–Kier alpha value is -4.44. The molecule has 0 spiro atoms. The van der Waals surface area contributed by atoms with Crippen LogP contribution >= 0.6 is 11.3 Å². The van der Waals surface area contributed by atoms with Gasteiger partial charge in [0.05, 0.1) is 65.4 Å². The van der Waals surface area contributed by atoms with Crippen molar-refractivity contribution in [2.24, 2.45) is 17.3 Å². The van der Waals surface area contributed by atoms with Crippen molar-refractivity contribution in [3.05, 3.63) is 51.9 Å². The largest absolute Gasteiger partial charge is 0.464 e. The standard InChI is InChI=1S/C43H54FN7O6S/c1-7-50-36-18-32(44)29-17-28(36)31(39(50)30-16-26(49-11-13-56-14-12-49)21-45-38(30)25(3)55-6)20-43(4,5)23-57-42(54)33-9-8-10-51(48-33)41(53)34(19-37-46-35(29)22-58-37)47-40(52)27-15-24(27)2/h16-18,21-22,24-25,27,33-34,48H,7-15,19-20,23H2,1-6H3,(H,47,52)/t24-,25-,27-,33-,34-/m0/s1. The van der Waals surface area contributed by atoms with Crippen molar-refractivity contribution in [1.29, 1.82) is 0 Å². The lowest BCUT2D eigenvalue weighted by atomic mass is 9.84. The van der Waals surface area contributed by atoms with Crippen molar-refractivity contribution in [3.63, 3.8) is 0 Å². The second kappa shape index (κ2) is 16.3. The molecule has 6 heterocycles. The fourth-order valence-electron chi connectivity index (χ4n) is 8.60. The second-order valence-electron chi connectivity index (χ2n) is 17.0. The quantitative estimate of drug-likeness (QED) is 0.219. The molecule has 3 aromatic heterocycles. The maximum atomic E-state index is 16.6. The van der Waals surface area contributed by atoms with Crippen molar-refractivity contribution in [2.75, 3.05) is 51.5 Å². The first kappa shape index (κ1) is 40.3. The molecule has 3 aliphatic heterocycles. The number of nitrogens with one attached hydrogen (secondary N) is 2. The Morgan fingerprint density at radius 1 is 1.17 bits per heavy atom. The molecule has 1 aromatic carbocycles. The van der Waals surface area contributed by atoms with Gasteiger partial charge in [0.1, 0.15) is 17.9 Å². The predicted molar refractivity (Wildman–Crippen MR) is 220 cm³/mol. The van der Waals surface area contributed by atoms with E-state index in [-0.39, 0.29) is 42.8 Å². The van der Waals surface area contributed by atoms with Crippen molar-refractivity contribution in [3.8, 4) is 22.5 Å². The third-order valence-electron chi connectivity index (χ3n) is 12.1. The van der Waals surface area contributed by atoms with Crippen LogP contribution < -0.4 is 15.6 Å². The van der Waals surface area contributed by atoms with Gasteiger partial charge in [0.15, 0.2) is 0 Å². The van der Waals surface area contributed by atoms with Crippen molar-refractivity contribution in [2.45, 2.75) is 91.5 Å². The lowest BCUT2D eigenvalue weighted by molar-refractivity contribution is -0.155. The zero-order chi connectivity index (χ0) is 40.9. The fraction of sp³-hybridized carbons (Fsp3) is 0.558. The normalized spacial score (nSPS) is 24.3. The number of ether oxygens (including phenoxy) is 3. The van der Waals surface area contributed by atoms with Gasteiger partial charge in [-0.15, -0.1) is 11.3 Å². The molecule has 1 aliphatic carbocycles. The Morgan fingerprint density at radius 2 is 1.95 bits per heavy atom. The first-order chi connectivity index (χ1) is 27.8. The van der Waals surface area contributed by atoms with Gasteiger partial charge in [0, 0.05) is 72.9 Å². The average Bonchev–Trinajstić information content (AvgIpc) is 3.67. The third-order valence-corrected chi connectivity index (χ3v) is 13.0. The average molecular weight is 816 g/mol. The summed E-state index contributed by atoms with van der Waals surface area (Å²) in [4.78, 5) is 53.3. The van der Waals surface area contributed by atoms with Gasteiger partial charge in [0.25, 0.3) is 5.91 Å². The summed E-state index contributed by atoms with van der Waals surface area (Å²) in [6.45, 7) is 13.9. The number of hydrazine groups is 1. The maximum absolute atomic E-state index is 16.6. The first-order valence-electron chi connectivity index (χ1n) is 20.6. The molecule has 6 bridgehead atoms. The Morgan fingerprint density at radius 3 is 2.67 bits per heavy atom. The number of carbonyl (C=O) groups is 3. The summed E-state index contributed by atoms with van der Waals surface area (Å²) in [7, 11) is 1.67. The molecule has 1 saturated carbocycles. The molecule has 8 rings (SSSR count). The van der Waals surface area contributed by atoms with Crippen LogP contribution in [-0.4, -0.2) is 96.0 Å². The number of amides is 2. The minimum Gasteiger partial charge on any atom is -0.464 e. The number of hydrogen-bond acceptors (Lipinski definition) is 11. The number of morpholine rings is 1. The number of cyclic esters (lactones) is 1. The number of aryl methyl sites for hydroxylation is 1. The lowest BCUT2D eigenvalue weighted by Gasteiger charge is -2.35. The van der Waals surface area contributed by atoms with Crippen LogP contribution in [0.2, 0.25) is 0 Å². The number of anilines is 1. The monoisotopic (exact) mass is 815 g/mol. The molecule has 3 fully saturated rings. The zero-order valence-electron chi connectivity index (χ0n) is 34.2. The number of rotatable bonds is 7. The van der Waals surface area contributed by atoms with E-state index in [0.717, 1.165) is 58.6 Å². The lowest BCUT2D eigenvalue weighted by Crippen LogP contribution is -2.60. The van der Waals surface area contributed by atoms with Crippen LogP contribution in [0.5, 0.6) is 0 Å². The minimum absolute atomic E-state index is 0.103. The number of nitrogens with zero attached hydrogens (tertiary/aromatic N) is 5. The van der Waals surface area contributed by atoms with Crippen molar-refractivity contribution < 1.29 is 33.0 Å². The van der Waals surface area contributed by atoms with Crippen LogP contribution in [0, 0.1) is 23.1 Å². The van der Waals surface area contributed by atoms with E-state index in [4.69, 9.17) is 24.2 Å². The van der Waals surface area contributed by atoms with Gasteiger partial charge in [0.2, 0.25) is 5.91 Å². The summed E-state index contributed by atoms with van der Waals surface area (Å²) in [5, 5.41) is 7.69. The second-order valence-corrected chi connectivity index (χ2v) is 17.9. The Bertz CT molecular complexity index is 2220. The topological polar surface area (TPSA) is 140 Å². The third kappa shape index (κ3) is 7.97. The molecule has 4 aliphatic rings. The SMILES string of the molecule is CCn1c(-c2cc(N3CCOCC3)cnc2[C@H](C)OC)c2c3cc(c(F)cc31)-c1csc(n1)C[C@H](NC(=O)[C@H]1C[C@@H]1C)C(=O)N1CCC[C@H](N1)C(=O)OCC(C)(C)C2. The van der Waals surface area contributed by atoms with Gasteiger partial charge in [-0.05, 0) is 69.2 Å². The van der Waals surface area contributed by atoms with Gasteiger partial charge >= 0.3 is 5.97 Å². The zero-order valence-corrected chi connectivity index (χ0v) is 35.0. The number of aromatic nitrogens is 3. The van der Waals surface area contributed by atoms with Crippen LogP contribution in [0.1, 0.15) is 76.3 Å².